The summed E-state index contributed by atoms with van der Waals surface area (Å²) in [6.45, 7) is 0. The standard InChI is InChI=1S/C64H42N2S/c1-2-11-49-40-51(25-24-43(49)10-1)46-22-20-44(21-23-46)45-26-33-53(34-27-45)65(55-37-30-48(31-38-55)52-32-39-64-60(42-52)59-16-5-8-19-63(59)67-64)54-35-28-47(29-36-54)50-12-9-13-56(41-50)66-61-17-6-3-14-57(61)58-15-4-7-18-62(58)66/h1-42H. The zero-order chi connectivity index (χ0) is 44.3. The number of benzene rings is 11. The normalized spacial score (nSPS) is 11.6. The smallest absolute Gasteiger partial charge is 0.0541 e. The Labute approximate surface area is 393 Å². The SMILES string of the molecule is c1cc(-c2ccc(N(c3ccc(-c4ccc(-c5ccc6ccccc6c5)cc4)cc3)c3ccc(-c4ccc5sc6ccccc6c5c4)cc3)cc2)cc(-n2c3ccccc3c3ccccc32)c1. The highest BCUT2D eigenvalue weighted by molar-refractivity contribution is 7.25. The van der Waals surface area contributed by atoms with E-state index in [1.165, 1.54) is 97.3 Å². The first-order valence-corrected chi connectivity index (χ1v) is 23.7. The van der Waals surface area contributed by atoms with Gasteiger partial charge >= 0.3 is 0 Å². The van der Waals surface area contributed by atoms with E-state index in [0.29, 0.717) is 0 Å². The maximum absolute atomic E-state index is 2.39. The molecule has 0 bridgehead atoms. The summed E-state index contributed by atoms with van der Waals surface area (Å²) in [6.07, 6.45) is 0. The molecule has 0 N–H and O–H groups in total. The average Bonchev–Trinajstić information content (AvgIpc) is 3.95. The van der Waals surface area contributed by atoms with Crippen molar-refractivity contribution in [2.75, 3.05) is 4.90 Å². The van der Waals surface area contributed by atoms with Crippen LogP contribution in [0.5, 0.6) is 0 Å². The van der Waals surface area contributed by atoms with Gasteiger partial charge in [-0.1, -0.05) is 170 Å². The Bertz CT molecular complexity index is 3900. The van der Waals surface area contributed by atoms with Crippen LogP contribution in [0, 0.1) is 0 Å². The Hall–Kier alpha value is -8.50. The quantitative estimate of drug-likeness (QED) is 0.148. The van der Waals surface area contributed by atoms with E-state index in [-0.39, 0.29) is 0 Å². The highest BCUT2D eigenvalue weighted by Crippen LogP contribution is 2.41. The lowest BCUT2D eigenvalue weighted by molar-refractivity contribution is 1.18. The Kier molecular flexibility index (Phi) is 9.40. The fourth-order valence-corrected chi connectivity index (χ4v) is 11.1. The molecular formula is C64H42N2S. The molecule has 0 aliphatic carbocycles. The van der Waals surface area contributed by atoms with Gasteiger partial charge in [-0.25, -0.2) is 0 Å². The Morgan fingerprint density at radius 1 is 0.269 bits per heavy atom. The van der Waals surface area contributed by atoms with E-state index in [2.05, 4.69) is 264 Å². The zero-order valence-electron chi connectivity index (χ0n) is 36.6. The van der Waals surface area contributed by atoms with Gasteiger partial charge in [-0.2, -0.15) is 0 Å². The molecule has 0 unspecified atom stereocenters. The molecule has 67 heavy (non-hydrogen) atoms. The second-order valence-electron chi connectivity index (χ2n) is 17.3. The number of aromatic nitrogens is 1. The summed E-state index contributed by atoms with van der Waals surface area (Å²) in [4.78, 5) is 2.37. The van der Waals surface area contributed by atoms with E-state index < -0.39 is 0 Å². The van der Waals surface area contributed by atoms with Gasteiger partial charge in [0.1, 0.15) is 0 Å². The summed E-state index contributed by atoms with van der Waals surface area (Å²) in [7, 11) is 0. The third-order valence-corrected chi connectivity index (χ3v) is 14.6. The molecule has 0 amide bonds. The number of fused-ring (bicyclic) bond motifs is 7. The van der Waals surface area contributed by atoms with Crippen molar-refractivity contribution < 1.29 is 0 Å². The molecule has 0 aliphatic rings. The second-order valence-corrected chi connectivity index (χ2v) is 18.4. The lowest BCUT2D eigenvalue weighted by Crippen LogP contribution is -2.09. The lowest BCUT2D eigenvalue weighted by atomic mass is 9.98. The lowest BCUT2D eigenvalue weighted by Gasteiger charge is -2.26. The van der Waals surface area contributed by atoms with Gasteiger partial charge in [0.25, 0.3) is 0 Å². The predicted molar refractivity (Wildman–Crippen MR) is 288 cm³/mol. The van der Waals surface area contributed by atoms with Crippen LogP contribution in [0.3, 0.4) is 0 Å². The van der Waals surface area contributed by atoms with Gasteiger partial charge in [0.15, 0.2) is 0 Å². The van der Waals surface area contributed by atoms with Crippen molar-refractivity contribution >= 4 is 81.1 Å². The van der Waals surface area contributed by atoms with Crippen molar-refractivity contribution in [3.8, 4) is 50.2 Å². The number of para-hydroxylation sites is 2. The van der Waals surface area contributed by atoms with E-state index in [9.17, 15) is 0 Å². The van der Waals surface area contributed by atoms with Crippen LogP contribution in [0.1, 0.15) is 0 Å². The fraction of sp³-hybridized carbons (Fsp3) is 0. The van der Waals surface area contributed by atoms with E-state index in [4.69, 9.17) is 0 Å². The molecule has 0 saturated carbocycles. The van der Waals surface area contributed by atoms with Crippen molar-refractivity contribution in [1.82, 2.24) is 4.57 Å². The van der Waals surface area contributed by atoms with Crippen LogP contribution in [0.25, 0.3) is 103 Å². The van der Waals surface area contributed by atoms with E-state index in [1.54, 1.807) is 0 Å². The van der Waals surface area contributed by atoms with Gasteiger partial charge in [0, 0.05) is 53.7 Å². The van der Waals surface area contributed by atoms with Gasteiger partial charge in [-0.05, 0) is 140 Å². The molecular weight excluding hydrogens is 829 g/mol. The zero-order valence-corrected chi connectivity index (χ0v) is 37.4. The van der Waals surface area contributed by atoms with Crippen molar-refractivity contribution in [2.24, 2.45) is 0 Å². The van der Waals surface area contributed by atoms with E-state index in [0.717, 1.165) is 22.7 Å². The van der Waals surface area contributed by atoms with Crippen LogP contribution < -0.4 is 4.90 Å². The molecule has 2 aromatic heterocycles. The van der Waals surface area contributed by atoms with Crippen LogP contribution >= 0.6 is 11.3 Å². The van der Waals surface area contributed by atoms with Crippen LogP contribution in [0.15, 0.2) is 255 Å². The second kappa shape index (κ2) is 16.2. The number of anilines is 3. The number of rotatable bonds is 8. The minimum absolute atomic E-state index is 1.09. The van der Waals surface area contributed by atoms with Crippen LogP contribution in [0.2, 0.25) is 0 Å². The molecule has 0 atom stereocenters. The predicted octanol–water partition coefficient (Wildman–Crippen LogP) is 18.4. The monoisotopic (exact) mass is 870 g/mol. The number of thiophene rings is 1. The highest BCUT2D eigenvalue weighted by Gasteiger charge is 2.16. The summed E-state index contributed by atoms with van der Waals surface area (Å²) >= 11 is 1.86. The van der Waals surface area contributed by atoms with Gasteiger partial charge in [-0.15, -0.1) is 11.3 Å². The average molecular weight is 871 g/mol. The molecule has 13 rings (SSSR count). The third kappa shape index (κ3) is 6.96. The molecule has 13 aromatic rings. The molecule has 0 saturated heterocycles. The first-order valence-electron chi connectivity index (χ1n) is 22.9. The topological polar surface area (TPSA) is 8.17 Å². The number of hydrogen-bond donors (Lipinski definition) is 0. The van der Waals surface area contributed by atoms with Gasteiger partial charge in [-0.3, -0.25) is 0 Å². The third-order valence-electron chi connectivity index (χ3n) is 13.4. The summed E-state index contributed by atoms with van der Waals surface area (Å²) in [5.41, 5.74) is 16.4. The van der Waals surface area contributed by atoms with Crippen LogP contribution in [-0.2, 0) is 0 Å². The minimum Gasteiger partial charge on any atom is -0.311 e. The van der Waals surface area contributed by atoms with Crippen LogP contribution in [-0.4, -0.2) is 4.57 Å². The minimum atomic E-state index is 1.09. The van der Waals surface area contributed by atoms with E-state index >= 15 is 0 Å². The summed E-state index contributed by atoms with van der Waals surface area (Å²) in [5.74, 6) is 0. The van der Waals surface area contributed by atoms with E-state index in [1.807, 2.05) is 11.3 Å². The van der Waals surface area contributed by atoms with Crippen LogP contribution in [0.4, 0.5) is 17.1 Å². The van der Waals surface area contributed by atoms with Gasteiger partial charge in [0.2, 0.25) is 0 Å². The van der Waals surface area contributed by atoms with Crippen molar-refractivity contribution in [3.63, 3.8) is 0 Å². The molecule has 0 aliphatic heterocycles. The molecule has 314 valence electrons. The number of nitrogens with zero attached hydrogens (tertiary/aromatic N) is 2. The van der Waals surface area contributed by atoms with Gasteiger partial charge in [0.05, 0.1) is 11.0 Å². The maximum Gasteiger partial charge on any atom is 0.0541 e. The molecule has 0 fully saturated rings. The molecule has 0 spiro atoms. The maximum atomic E-state index is 2.39. The summed E-state index contributed by atoms with van der Waals surface area (Å²) < 4.78 is 5.03. The highest BCUT2D eigenvalue weighted by atomic mass is 32.1. The Balaban J connectivity index is 0.846. The Morgan fingerprint density at radius 2 is 0.701 bits per heavy atom. The Morgan fingerprint density at radius 3 is 1.31 bits per heavy atom. The molecule has 2 heterocycles. The van der Waals surface area contributed by atoms with Gasteiger partial charge < -0.3 is 9.47 Å². The number of hydrogen-bond acceptors (Lipinski definition) is 2. The van der Waals surface area contributed by atoms with Crippen molar-refractivity contribution in [3.05, 3.63) is 255 Å². The summed E-state index contributed by atoms with van der Waals surface area (Å²) in [5, 5.41) is 7.68. The molecule has 3 heteroatoms. The molecule has 11 aromatic carbocycles. The fourth-order valence-electron chi connectivity index (χ4n) is 10.0. The summed E-state index contributed by atoms with van der Waals surface area (Å²) in [6, 6.07) is 93.2. The van der Waals surface area contributed by atoms with Crippen molar-refractivity contribution in [1.29, 1.82) is 0 Å². The largest absolute Gasteiger partial charge is 0.311 e. The molecule has 2 nitrogen and oxygen atoms in total. The van der Waals surface area contributed by atoms with Crippen molar-refractivity contribution in [2.45, 2.75) is 0 Å². The first kappa shape index (κ1) is 38.9. The molecule has 0 radical (unpaired) electrons. The first-order chi connectivity index (χ1) is 33.2.